The van der Waals surface area contributed by atoms with Gasteiger partial charge in [-0.3, -0.25) is 0 Å². The van der Waals surface area contributed by atoms with E-state index in [0.29, 0.717) is 0 Å². The zero-order valence-electron chi connectivity index (χ0n) is 11.8. The number of likely N-dealkylation sites (tertiary alicyclic amines) is 1. The maximum Gasteiger partial charge on any atom is 0.126 e. The summed E-state index contributed by atoms with van der Waals surface area (Å²) in [5, 5.41) is 4.50. The highest BCUT2D eigenvalue weighted by Gasteiger charge is 2.09. The minimum Gasteiger partial charge on any atom is -0.399 e. The number of aromatic nitrogens is 1. The van der Waals surface area contributed by atoms with Crippen LogP contribution < -0.4 is 11.1 Å². The molecule has 1 aromatic carbocycles. The third-order valence-electron chi connectivity index (χ3n) is 3.90. The average molecular weight is 270 g/mol. The van der Waals surface area contributed by atoms with Gasteiger partial charge in [-0.25, -0.2) is 4.98 Å². The number of nitrogen functional groups attached to an aromatic ring is 1. The number of hydrogen-bond donors (Lipinski definition) is 2. The highest BCUT2D eigenvalue weighted by Crippen LogP contribution is 2.18. The zero-order chi connectivity index (χ0) is 13.8. The Kier molecular flexibility index (Phi) is 4.02. The Hall–Kier alpha value is -1.81. The monoisotopic (exact) mass is 270 g/mol. The summed E-state index contributed by atoms with van der Waals surface area (Å²) < 4.78 is 0. The Morgan fingerprint density at radius 1 is 1.10 bits per heavy atom. The van der Waals surface area contributed by atoms with Crippen molar-refractivity contribution in [1.29, 1.82) is 0 Å². The maximum absolute atomic E-state index is 5.78. The van der Waals surface area contributed by atoms with Crippen molar-refractivity contribution in [3.05, 3.63) is 30.3 Å². The topological polar surface area (TPSA) is 54.2 Å². The Labute approximate surface area is 120 Å². The summed E-state index contributed by atoms with van der Waals surface area (Å²) in [7, 11) is 0. The summed E-state index contributed by atoms with van der Waals surface area (Å²) in [5.74, 6) is 0.944. The third-order valence-corrected chi connectivity index (χ3v) is 3.90. The lowest BCUT2D eigenvalue weighted by atomic mass is 10.1. The number of nitrogens with zero attached hydrogens (tertiary/aromatic N) is 2. The second-order valence-electron chi connectivity index (χ2n) is 5.48. The molecule has 20 heavy (non-hydrogen) atoms. The molecule has 0 spiro atoms. The fraction of sp³-hybridized carbons (Fsp3) is 0.438. The van der Waals surface area contributed by atoms with Gasteiger partial charge in [0, 0.05) is 24.2 Å². The number of pyridine rings is 1. The molecule has 4 nitrogen and oxygen atoms in total. The number of nitrogens with two attached hydrogens (primary N) is 1. The van der Waals surface area contributed by atoms with E-state index in [9.17, 15) is 0 Å². The van der Waals surface area contributed by atoms with Crippen molar-refractivity contribution in [3.63, 3.8) is 0 Å². The minimum atomic E-state index is 0.783. The molecule has 1 fully saturated rings. The van der Waals surface area contributed by atoms with Crippen LogP contribution in [-0.4, -0.2) is 36.1 Å². The second kappa shape index (κ2) is 6.09. The van der Waals surface area contributed by atoms with E-state index >= 15 is 0 Å². The van der Waals surface area contributed by atoms with Crippen molar-refractivity contribution >= 4 is 22.4 Å². The Bertz CT molecular complexity index is 576. The van der Waals surface area contributed by atoms with Gasteiger partial charge in [-0.15, -0.1) is 0 Å². The van der Waals surface area contributed by atoms with Crippen molar-refractivity contribution in [1.82, 2.24) is 9.88 Å². The van der Waals surface area contributed by atoms with E-state index in [-0.39, 0.29) is 0 Å². The molecule has 2 heterocycles. The van der Waals surface area contributed by atoms with Gasteiger partial charge < -0.3 is 16.0 Å². The summed E-state index contributed by atoms with van der Waals surface area (Å²) >= 11 is 0. The highest BCUT2D eigenvalue weighted by atomic mass is 15.1. The molecule has 4 heteroatoms. The zero-order valence-corrected chi connectivity index (χ0v) is 11.8. The van der Waals surface area contributed by atoms with Gasteiger partial charge >= 0.3 is 0 Å². The predicted molar refractivity (Wildman–Crippen MR) is 84.9 cm³/mol. The van der Waals surface area contributed by atoms with Gasteiger partial charge in [-0.05, 0) is 56.3 Å². The van der Waals surface area contributed by atoms with E-state index in [0.717, 1.165) is 35.5 Å². The fourth-order valence-electron chi connectivity index (χ4n) is 2.77. The van der Waals surface area contributed by atoms with Gasteiger partial charge in [0.25, 0.3) is 0 Å². The molecule has 3 rings (SSSR count). The number of piperidine rings is 1. The predicted octanol–water partition coefficient (Wildman–Crippen LogP) is 2.71. The number of fused-ring (bicyclic) bond motifs is 1. The third kappa shape index (κ3) is 3.20. The van der Waals surface area contributed by atoms with Gasteiger partial charge in [0.05, 0.1) is 5.52 Å². The first-order valence-corrected chi connectivity index (χ1v) is 7.44. The molecule has 0 bridgehead atoms. The lowest BCUT2D eigenvalue weighted by Crippen LogP contribution is -2.33. The summed E-state index contributed by atoms with van der Waals surface area (Å²) in [6.07, 6.45) is 4.07. The highest BCUT2D eigenvalue weighted by molar-refractivity contribution is 5.83. The SMILES string of the molecule is Nc1ccc2nc(NCCN3CCCCC3)ccc2c1. The molecule has 106 valence electrons. The van der Waals surface area contributed by atoms with Crippen molar-refractivity contribution in [3.8, 4) is 0 Å². The molecule has 1 aliphatic heterocycles. The maximum atomic E-state index is 5.78. The summed E-state index contributed by atoms with van der Waals surface area (Å²) in [6.45, 7) is 4.53. The number of nitrogens with one attached hydrogen (secondary N) is 1. The van der Waals surface area contributed by atoms with Crippen LogP contribution in [0.5, 0.6) is 0 Å². The number of rotatable bonds is 4. The standard InChI is InChI=1S/C16H22N4/c17-14-5-6-15-13(12-14)4-7-16(19-15)18-8-11-20-9-2-1-3-10-20/h4-7,12H,1-3,8-11,17H2,(H,18,19). The first kappa shape index (κ1) is 13.2. The van der Waals surface area contributed by atoms with E-state index in [1.807, 2.05) is 24.3 Å². The molecule has 1 aromatic heterocycles. The van der Waals surface area contributed by atoms with Crippen LogP contribution in [0.25, 0.3) is 10.9 Å². The van der Waals surface area contributed by atoms with Gasteiger partial charge in [0.2, 0.25) is 0 Å². The fourth-order valence-corrected chi connectivity index (χ4v) is 2.77. The van der Waals surface area contributed by atoms with Gasteiger partial charge in [-0.1, -0.05) is 6.42 Å². The molecule has 0 atom stereocenters. The first-order valence-electron chi connectivity index (χ1n) is 7.44. The molecule has 2 aromatic rings. The molecular formula is C16H22N4. The minimum absolute atomic E-state index is 0.783. The van der Waals surface area contributed by atoms with Gasteiger partial charge in [0.15, 0.2) is 0 Å². The molecule has 0 radical (unpaired) electrons. The van der Waals surface area contributed by atoms with E-state index in [1.165, 1.54) is 32.4 Å². The van der Waals surface area contributed by atoms with Crippen LogP contribution in [0.2, 0.25) is 0 Å². The molecular weight excluding hydrogens is 248 g/mol. The quantitative estimate of drug-likeness (QED) is 0.839. The molecule has 3 N–H and O–H groups in total. The Morgan fingerprint density at radius 3 is 2.80 bits per heavy atom. The first-order chi connectivity index (χ1) is 9.81. The number of benzene rings is 1. The van der Waals surface area contributed by atoms with Crippen molar-refractivity contribution in [2.45, 2.75) is 19.3 Å². The normalized spacial score (nSPS) is 16.4. The molecule has 0 amide bonds. The van der Waals surface area contributed by atoms with E-state index < -0.39 is 0 Å². The van der Waals surface area contributed by atoms with Crippen LogP contribution >= 0.6 is 0 Å². The Balaban J connectivity index is 1.58. The van der Waals surface area contributed by atoms with Crippen molar-refractivity contribution in [2.24, 2.45) is 0 Å². The number of anilines is 2. The van der Waals surface area contributed by atoms with Crippen molar-refractivity contribution < 1.29 is 0 Å². The molecule has 1 aliphatic rings. The second-order valence-corrected chi connectivity index (χ2v) is 5.48. The Morgan fingerprint density at radius 2 is 1.95 bits per heavy atom. The summed E-state index contributed by atoms with van der Waals surface area (Å²) in [6, 6.07) is 9.92. The van der Waals surface area contributed by atoms with Crippen molar-refractivity contribution in [2.75, 3.05) is 37.2 Å². The van der Waals surface area contributed by atoms with Gasteiger partial charge in [0.1, 0.15) is 5.82 Å². The van der Waals surface area contributed by atoms with Crippen LogP contribution in [0, 0.1) is 0 Å². The van der Waals surface area contributed by atoms with Crippen LogP contribution in [-0.2, 0) is 0 Å². The average Bonchev–Trinajstić information content (AvgIpc) is 2.48. The largest absolute Gasteiger partial charge is 0.399 e. The summed E-state index contributed by atoms with van der Waals surface area (Å²) in [4.78, 5) is 7.14. The van der Waals surface area contributed by atoms with Crippen LogP contribution in [0.3, 0.4) is 0 Å². The lowest BCUT2D eigenvalue weighted by Gasteiger charge is -2.26. The molecule has 1 saturated heterocycles. The van der Waals surface area contributed by atoms with Crippen LogP contribution in [0.15, 0.2) is 30.3 Å². The van der Waals surface area contributed by atoms with Crippen LogP contribution in [0.4, 0.5) is 11.5 Å². The summed E-state index contributed by atoms with van der Waals surface area (Å²) in [5.41, 5.74) is 7.55. The molecule has 0 saturated carbocycles. The van der Waals surface area contributed by atoms with Crippen LogP contribution in [0.1, 0.15) is 19.3 Å². The van der Waals surface area contributed by atoms with E-state index in [1.54, 1.807) is 0 Å². The van der Waals surface area contributed by atoms with Gasteiger partial charge in [-0.2, -0.15) is 0 Å². The molecule has 0 aliphatic carbocycles. The molecule has 0 unspecified atom stereocenters. The lowest BCUT2D eigenvalue weighted by molar-refractivity contribution is 0.237. The smallest absolute Gasteiger partial charge is 0.126 e. The number of hydrogen-bond acceptors (Lipinski definition) is 4. The van der Waals surface area contributed by atoms with E-state index in [2.05, 4.69) is 21.3 Å². The van der Waals surface area contributed by atoms with E-state index in [4.69, 9.17) is 5.73 Å².